The van der Waals surface area contributed by atoms with Gasteiger partial charge >= 0.3 is 0 Å². The summed E-state index contributed by atoms with van der Waals surface area (Å²) in [5.41, 5.74) is 1.51. The highest BCUT2D eigenvalue weighted by Gasteiger charge is 2.24. The monoisotopic (exact) mass is 434 g/mol. The molecule has 5 aromatic rings. The Kier molecular flexibility index (Phi) is 4.20. The van der Waals surface area contributed by atoms with Crippen molar-refractivity contribution in [2.75, 3.05) is 0 Å². The van der Waals surface area contributed by atoms with E-state index in [1.165, 1.54) is 10.9 Å². The van der Waals surface area contributed by atoms with Crippen LogP contribution in [0.3, 0.4) is 0 Å². The first kappa shape index (κ1) is 19.1. The second kappa shape index (κ2) is 6.82. The van der Waals surface area contributed by atoms with E-state index in [-0.39, 0.29) is 45.1 Å². The van der Waals surface area contributed by atoms with Crippen LogP contribution in [0, 0.1) is 18.3 Å². The van der Waals surface area contributed by atoms with Crippen LogP contribution in [0.25, 0.3) is 39.7 Å². The molecule has 154 valence electrons. The molecule has 0 aliphatic rings. The topological polar surface area (TPSA) is 115 Å². The molecule has 31 heavy (non-hydrogen) atoms. The summed E-state index contributed by atoms with van der Waals surface area (Å²) in [4.78, 5) is 22.3. The first-order valence-corrected chi connectivity index (χ1v) is 9.83. The first-order chi connectivity index (χ1) is 14.9. The van der Waals surface area contributed by atoms with Gasteiger partial charge in [-0.25, -0.2) is 4.98 Å². The summed E-state index contributed by atoms with van der Waals surface area (Å²) in [5, 5.41) is 13.9. The molecule has 0 atom stereocenters. The van der Waals surface area contributed by atoms with Gasteiger partial charge in [0.15, 0.2) is 5.76 Å². The summed E-state index contributed by atoms with van der Waals surface area (Å²) in [6, 6.07) is 8.77. The minimum absolute atomic E-state index is 0.160. The van der Waals surface area contributed by atoms with Gasteiger partial charge in [-0.2, -0.15) is 10.2 Å². The van der Waals surface area contributed by atoms with Crippen molar-refractivity contribution >= 4 is 28.2 Å². The van der Waals surface area contributed by atoms with Crippen LogP contribution >= 0.6 is 11.6 Å². The molecule has 0 radical (unpaired) electrons. The van der Waals surface area contributed by atoms with Crippen LogP contribution in [0.1, 0.15) is 31.2 Å². The second-order valence-corrected chi connectivity index (χ2v) is 7.72. The normalized spacial score (nSPS) is 11.6. The molecule has 0 aliphatic heterocycles. The van der Waals surface area contributed by atoms with Crippen molar-refractivity contribution in [2.45, 2.75) is 26.8 Å². The Bertz CT molecular complexity index is 1580. The molecule has 5 rings (SSSR count). The van der Waals surface area contributed by atoms with E-state index in [0.29, 0.717) is 22.6 Å². The lowest BCUT2D eigenvalue weighted by Crippen LogP contribution is -2.25. The van der Waals surface area contributed by atoms with Crippen molar-refractivity contribution in [3.63, 3.8) is 0 Å². The lowest BCUT2D eigenvalue weighted by atomic mass is 10.1. The minimum Gasteiger partial charge on any atom is -0.456 e. The van der Waals surface area contributed by atoms with Gasteiger partial charge in [0.05, 0.1) is 21.6 Å². The molecule has 0 unspecified atom stereocenters. The Morgan fingerprint density at radius 2 is 2.00 bits per heavy atom. The van der Waals surface area contributed by atoms with E-state index < -0.39 is 0 Å². The molecule has 0 bridgehead atoms. The van der Waals surface area contributed by atoms with Gasteiger partial charge < -0.3 is 13.5 Å². The van der Waals surface area contributed by atoms with Gasteiger partial charge in [-0.05, 0) is 45.0 Å². The molecular formula is C21H15ClN6O3. The average Bonchev–Trinajstić information content (AvgIpc) is 3.46. The summed E-state index contributed by atoms with van der Waals surface area (Å²) in [7, 11) is 0. The van der Waals surface area contributed by atoms with Gasteiger partial charge in [0.1, 0.15) is 29.4 Å². The summed E-state index contributed by atoms with van der Waals surface area (Å²) >= 11 is 6.24. The number of nitrogens with zero attached hydrogens (tertiary/aromatic N) is 6. The number of benzene rings is 1. The maximum Gasteiger partial charge on any atom is 0.293 e. The second-order valence-electron chi connectivity index (χ2n) is 7.32. The zero-order chi connectivity index (χ0) is 21.9. The van der Waals surface area contributed by atoms with Gasteiger partial charge in [-0.1, -0.05) is 16.8 Å². The molecule has 0 amide bonds. The highest BCUT2D eigenvalue weighted by Crippen LogP contribution is 2.30. The van der Waals surface area contributed by atoms with Crippen LogP contribution in [0.15, 0.2) is 44.3 Å². The molecule has 0 aliphatic carbocycles. The zero-order valence-corrected chi connectivity index (χ0v) is 17.5. The predicted octanol–water partition coefficient (Wildman–Crippen LogP) is 4.37. The van der Waals surface area contributed by atoms with E-state index in [4.69, 9.17) is 20.5 Å². The third-order valence-electron chi connectivity index (χ3n) is 5.01. The smallest absolute Gasteiger partial charge is 0.293 e. The number of imidazole rings is 1. The molecule has 0 saturated heterocycles. The van der Waals surface area contributed by atoms with E-state index in [1.807, 2.05) is 20.8 Å². The van der Waals surface area contributed by atoms with Crippen LogP contribution in [0.4, 0.5) is 0 Å². The molecule has 0 N–H and O–H groups in total. The molecule has 10 heteroatoms. The van der Waals surface area contributed by atoms with Gasteiger partial charge in [0.2, 0.25) is 5.82 Å². The van der Waals surface area contributed by atoms with E-state index in [2.05, 4.69) is 21.2 Å². The van der Waals surface area contributed by atoms with E-state index in [1.54, 1.807) is 28.7 Å². The molecule has 4 aromatic heterocycles. The van der Waals surface area contributed by atoms with Crippen LogP contribution < -0.4 is 5.56 Å². The standard InChI is InChI=1S/C21H15ClN6O3/c1-10(2)28-17-12(8-23)13(22)5-6-14(17)27-9-24-16(18(27)21(28)29)19-25-20(31-26-19)15-7-4-11(3)30-15/h4-7,9-10H,1-3H3. The molecule has 9 nitrogen and oxygen atoms in total. The Labute approximate surface area is 180 Å². The zero-order valence-electron chi connectivity index (χ0n) is 16.8. The fraction of sp³-hybridized carbons (Fsp3) is 0.190. The first-order valence-electron chi connectivity index (χ1n) is 9.45. The van der Waals surface area contributed by atoms with E-state index in [0.717, 1.165) is 0 Å². The van der Waals surface area contributed by atoms with E-state index in [9.17, 15) is 10.1 Å². The number of hydrogen-bond acceptors (Lipinski definition) is 7. The maximum absolute atomic E-state index is 13.5. The molecule has 0 spiro atoms. The quantitative estimate of drug-likeness (QED) is 0.414. The van der Waals surface area contributed by atoms with Gasteiger partial charge in [-0.3, -0.25) is 9.20 Å². The van der Waals surface area contributed by atoms with Crippen molar-refractivity contribution in [1.82, 2.24) is 24.1 Å². The molecular weight excluding hydrogens is 420 g/mol. The van der Waals surface area contributed by atoms with Crippen molar-refractivity contribution in [3.05, 3.63) is 57.3 Å². The Morgan fingerprint density at radius 1 is 1.19 bits per heavy atom. The number of furan rings is 1. The number of aromatic nitrogens is 5. The fourth-order valence-corrected chi connectivity index (χ4v) is 3.87. The van der Waals surface area contributed by atoms with Gasteiger partial charge in [-0.15, -0.1) is 0 Å². The lowest BCUT2D eigenvalue weighted by Gasteiger charge is -2.17. The summed E-state index contributed by atoms with van der Waals surface area (Å²) in [6.45, 7) is 5.53. The molecule has 0 saturated carbocycles. The Morgan fingerprint density at radius 3 is 2.68 bits per heavy atom. The lowest BCUT2D eigenvalue weighted by molar-refractivity contribution is 0.414. The van der Waals surface area contributed by atoms with Crippen molar-refractivity contribution in [2.24, 2.45) is 0 Å². The Balaban J connectivity index is 1.83. The van der Waals surface area contributed by atoms with Crippen molar-refractivity contribution in [1.29, 1.82) is 5.26 Å². The minimum atomic E-state index is -0.339. The van der Waals surface area contributed by atoms with Gasteiger partial charge in [0.25, 0.3) is 11.4 Å². The predicted molar refractivity (Wildman–Crippen MR) is 113 cm³/mol. The van der Waals surface area contributed by atoms with Crippen molar-refractivity contribution < 1.29 is 8.94 Å². The number of halogens is 1. The maximum atomic E-state index is 13.5. The largest absolute Gasteiger partial charge is 0.456 e. The van der Waals surface area contributed by atoms with Crippen molar-refractivity contribution in [3.8, 4) is 29.2 Å². The number of hydrogen-bond donors (Lipinski definition) is 0. The summed E-state index contributed by atoms with van der Waals surface area (Å²) in [6.07, 6.45) is 1.50. The van der Waals surface area contributed by atoms with Gasteiger partial charge in [0, 0.05) is 6.04 Å². The van der Waals surface area contributed by atoms with E-state index >= 15 is 0 Å². The SMILES string of the molecule is Cc1ccc(-c2nc(-c3ncn4c3c(=O)n(C(C)C)c3c(C#N)c(Cl)ccc34)no2)o1. The van der Waals surface area contributed by atoms with Crippen LogP contribution in [0.2, 0.25) is 5.02 Å². The fourth-order valence-electron chi connectivity index (χ4n) is 3.68. The van der Waals surface area contributed by atoms with Crippen LogP contribution in [-0.4, -0.2) is 24.1 Å². The number of fused-ring (bicyclic) bond motifs is 3. The third-order valence-corrected chi connectivity index (χ3v) is 5.33. The molecule has 4 heterocycles. The highest BCUT2D eigenvalue weighted by atomic mass is 35.5. The molecule has 1 aromatic carbocycles. The third kappa shape index (κ3) is 2.76. The highest BCUT2D eigenvalue weighted by molar-refractivity contribution is 6.32. The summed E-state index contributed by atoms with van der Waals surface area (Å²) in [5.74, 6) is 1.49. The number of rotatable bonds is 3. The van der Waals surface area contributed by atoms with Crippen LogP contribution in [0.5, 0.6) is 0 Å². The number of aryl methyl sites for hydroxylation is 1. The Hall–Kier alpha value is -3.90. The number of nitriles is 1. The molecule has 0 fully saturated rings. The van der Waals surface area contributed by atoms with Crippen LogP contribution in [-0.2, 0) is 0 Å². The average molecular weight is 435 g/mol. The summed E-state index contributed by atoms with van der Waals surface area (Å²) < 4.78 is 14.0.